The van der Waals surface area contributed by atoms with Crippen LogP contribution < -0.4 is 14.8 Å². The van der Waals surface area contributed by atoms with Crippen molar-refractivity contribution in [3.05, 3.63) is 48.2 Å². The molecule has 156 valence electrons. The Hall–Kier alpha value is -2.12. The van der Waals surface area contributed by atoms with Crippen molar-refractivity contribution in [2.75, 3.05) is 43.0 Å². The van der Waals surface area contributed by atoms with Gasteiger partial charge in [0.1, 0.15) is 17.6 Å². The summed E-state index contributed by atoms with van der Waals surface area (Å²) in [5, 5.41) is 0. The molecule has 0 amide bonds. The Bertz CT molecular complexity index is 918. The van der Waals surface area contributed by atoms with E-state index in [9.17, 15) is 8.42 Å². The predicted molar refractivity (Wildman–Crippen MR) is 116 cm³/mol. The third-order valence-corrected chi connectivity index (χ3v) is 7.87. The molecule has 29 heavy (non-hydrogen) atoms. The molecular formula is C22H31N4O2S+. The molecule has 4 rings (SSSR count). The van der Waals surface area contributed by atoms with Gasteiger partial charge in [-0.15, -0.1) is 0 Å². The number of rotatable bonds is 6. The molecule has 0 aliphatic carbocycles. The second-order valence-corrected chi connectivity index (χ2v) is 9.99. The van der Waals surface area contributed by atoms with E-state index in [1.807, 2.05) is 13.1 Å². The molecule has 2 aliphatic rings. The number of anilines is 2. The standard InChI is InChI=1S/C22H30N4O2S/c1-24(18-19-9-3-4-10-21(19)25-13-7-8-14-25)22-12-11-20(17-23-22)29(27,28)26-15-5-2-6-16-26/h3-4,9-12,17H,2,5-8,13-16,18H2,1H3/p+1. The SMILES string of the molecule is CN(Cc1ccccc1N1CCCC1)c1ccc(S(=O)(=O)N2CCCCC2)c[nH+]1. The third-order valence-electron chi connectivity index (χ3n) is 5.98. The molecule has 0 unspecified atom stereocenters. The predicted octanol–water partition coefficient (Wildman–Crippen LogP) is 2.91. The lowest BCUT2D eigenvalue weighted by atomic mass is 10.1. The molecule has 0 spiro atoms. The molecule has 6 nitrogen and oxygen atoms in total. The van der Waals surface area contributed by atoms with Gasteiger partial charge in [-0.25, -0.2) is 13.4 Å². The Morgan fingerprint density at radius 1 is 0.931 bits per heavy atom. The normalized spacial score (nSPS) is 18.2. The van der Waals surface area contributed by atoms with E-state index in [1.54, 1.807) is 16.6 Å². The van der Waals surface area contributed by atoms with Crippen molar-refractivity contribution in [2.45, 2.75) is 43.5 Å². The van der Waals surface area contributed by atoms with Crippen molar-refractivity contribution in [3.8, 4) is 0 Å². The fourth-order valence-corrected chi connectivity index (χ4v) is 5.79. The molecule has 2 fully saturated rings. The maximum Gasteiger partial charge on any atom is 0.274 e. The number of para-hydroxylation sites is 1. The second kappa shape index (κ2) is 8.71. The number of H-pyrrole nitrogens is 1. The average Bonchev–Trinajstić information content (AvgIpc) is 3.29. The summed E-state index contributed by atoms with van der Waals surface area (Å²) in [6.07, 6.45) is 7.14. The summed E-state index contributed by atoms with van der Waals surface area (Å²) in [6, 6.07) is 12.2. The van der Waals surface area contributed by atoms with Gasteiger partial charge in [-0.05, 0) is 37.8 Å². The van der Waals surface area contributed by atoms with Crippen LogP contribution in [0.25, 0.3) is 0 Å². The van der Waals surface area contributed by atoms with Crippen LogP contribution >= 0.6 is 0 Å². The lowest BCUT2D eigenvalue weighted by molar-refractivity contribution is -0.367. The first kappa shape index (κ1) is 20.2. The van der Waals surface area contributed by atoms with E-state index in [1.165, 1.54) is 24.1 Å². The monoisotopic (exact) mass is 415 g/mol. The van der Waals surface area contributed by atoms with Crippen molar-refractivity contribution in [1.29, 1.82) is 0 Å². The van der Waals surface area contributed by atoms with E-state index in [4.69, 9.17) is 0 Å². The topological polar surface area (TPSA) is 58.0 Å². The Morgan fingerprint density at radius 2 is 1.62 bits per heavy atom. The summed E-state index contributed by atoms with van der Waals surface area (Å²) in [5.74, 6) is 0.902. The molecule has 0 atom stereocenters. The first-order chi connectivity index (χ1) is 14.1. The van der Waals surface area contributed by atoms with Gasteiger partial charge in [0, 0.05) is 43.5 Å². The van der Waals surface area contributed by atoms with Crippen LogP contribution in [0.15, 0.2) is 47.5 Å². The molecule has 0 radical (unpaired) electrons. The van der Waals surface area contributed by atoms with Gasteiger partial charge in [0.15, 0.2) is 0 Å². The fourth-order valence-electron chi connectivity index (χ4n) is 4.31. The zero-order valence-corrected chi connectivity index (χ0v) is 18.0. The summed E-state index contributed by atoms with van der Waals surface area (Å²) >= 11 is 0. The molecule has 0 saturated carbocycles. The van der Waals surface area contributed by atoms with Crippen molar-refractivity contribution < 1.29 is 13.4 Å². The summed E-state index contributed by atoms with van der Waals surface area (Å²) in [6.45, 7) is 4.25. The van der Waals surface area contributed by atoms with E-state index in [-0.39, 0.29) is 0 Å². The van der Waals surface area contributed by atoms with Gasteiger partial charge in [0.2, 0.25) is 10.0 Å². The number of pyridine rings is 1. The molecule has 1 N–H and O–H groups in total. The Kier molecular flexibility index (Phi) is 6.06. The summed E-state index contributed by atoms with van der Waals surface area (Å²) in [7, 11) is -1.37. The number of hydrogen-bond donors (Lipinski definition) is 0. The van der Waals surface area contributed by atoms with E-state index in [2.05, 4.69) is 39.0 Å². The van der Waals surface area contributed by atoms with Crippen molar-refractivity contribution in [1.82, 2.24) is 4.31 Å². The number of sulfonamides is 1. The Morgan fingerprint density at radius 3 is 2.31 bits per heavy atom. The van der Waals surface area contributed by atoms with Crippen molar-refractivity contribution in [3.63, 3.8) is 0 Å². The highest BCUT2D eigenvalue weighted by molar-refractivity contribution is 7.89. The second-order valence-electron chi connectivity index (χ2n) is 8.05. The highest BCUT2D eigenvalue weighted by Gasteiger charge is 2.27. The Balaban J connectivity index is 1.48. The first-order valence-corrected chi connectivity index (χ1v) is 12.1. The molecule has 2 saturated heterocycles. The van der Waals surface area contributed by atoms with Crippen LogP contribution in [0.2, 0.25) is 0 Å². The van der Waals surface area contributed by atoms with Gasteiger partial charge in [-0.3, -0.25) is 4.90 Å². The van der Waals surface area contributed by atoms with E-state index in [0.717, 1.165) is 44.7 Å². The van der Waals surface area contributed by atoms with E-state index >= 15 is 0 Å². The minimum absolute atomic E-state index is 0.342. The van der Waals surface area contributed by atoms with Gasteiger partial charge in [-0.1, -0.05) is 24.6 Å². The lowest BCUT2D eigenvalue weighted by Gasteiger charge is -2.25. The number of piperidine rings is 1. The maximum absolute atomic E-state index is 12.8. The number of nitrogens with one attached hydrogen (secondary N) is 1. The number of benzene rings is 1. The van der Waals surface area contributed by atoms with Crippen LogP contribution in [0.5, 0.6) is 0 Å². The van der Waals surface area contributed by atoms with Crippen molar-refractivity contribution in [2.24, 2.45) is 0 Å². The first-order valence-electron chi connectivity index (χ1n) is 10.6. The van der Waals surface area contributed by atoms with E-state index < -0.39 is 10.0 Å². The van der Waals surface area contributed by atoms with Crippen LogP contribution in [-0.4, -0.2) is 45.9 Å². The molecular weight excluding hydrogens is 384 g/mol. The lowest BCUT2D eigenvalue weighted by Crippen LogP contribution is -2.36. The van der Waals surface area contributed by atoms with Gasteiger partial charge in [0.05, 0.1) is 7.05 Å². The zero-order valence-electron chi connectivity index (χ0n) is 17.2. The Labute approximate surface area is 174 Å². The quantitative estimate of drug-likeness (QED) is 0.728. The smallest absolute Gasteiger partial charge is 0.274 e. The molecule has 0 bridgehead atoms. The van der Waals surface area contributed by atoms with Gasteiger partial charge >= 0.3 is 0 Å². The maximum atomic E-state index is 12.8. The minimum atomic E-state index is -3.40. The molecule has 1 aromatic carbocycles. The van der Waals surface area contributed by atoms with Crippen LogP contribution in [0.4, 0.5) is 11.5 Å². The summed E-state index contributed by atoms with van der Waals surface area (Å²) < 4.78 is 27.3. The molecule has 3 heterocycles. The summed E-state index contributed by atoms with van der Waals surface area (Å²) in [4.78, 5) is 8.13. The summed E-state index contributed by atoms with van der Waals surface area (Å²) in [5.41, 5.74) is 2.59. The minimum Gasteiger partial charge on any atom is -0.371 e. The van der Waals surface area contributed by atoms with Crippen LogP contribution in [0, 0.1) is 0 Å². The average molecular weight is 416 g/mol. The molecule has 2 aliphatic heterocycles. The van der Waals surface area contributed by atoms with Crippen LogP contribution in [0.1, 0.15) is 37.7 Å². The molecule has 2 aromatic rings. The molecule has 1 aromatic heterocycles. The highest BCUT2D eigenvalue weighted by Crippen LogP contribution is 2.26. The number of aromatic nitrogens is 1. The zero-order chi connectivity index (χ0) is 20.3. The fraction of sp³-hybridized carbons (Fsp3) is 0.500. The number of aromatic amines is 1. The largest absolute Gasteiger partial charge is 0.371 e. The van der Waals surface area contributed by atoms with Gasteiger partial charge in [0.25, 0.3) is 5.82 Å². The van der Waals surface area contributed by atoms with Gasteiger partial charge < -0.3 is 4.90 Å². The van der Waals surface area contributed by atoms with Crippen LogP contribution in [-0.2, 0) is 16.6 Å². The third kappa shape index (κ3) is 4.41. The number of hydrogen-bond acceptors (Lipinski definition) is 4. The van der Waals surface area contributed by atoms with Crippen LogP contribution in [0.3, 0.4) is 0 Å². The number of nitrogens with zero attached hydrogens (tertiary/aromatic N) is 3. The van der Waals surface area contributed by atoms with Crippen molar-refractivity contribution >= 4 is 21.5 Å². The highest BCUT2D eigenvalue weighted by atomic mass is 32.2. The van der Waals surface area contributed by atoms with E-state index in [0.29, 0.717) is 18.0 Å². The molecule has 7 heteroatoms. The van der Waals surface area contributed by atoms with Gasteiger partial charge in [-0.2, -0.15) is 4.31 Å².